The third kappa shape index (κ3) is 2.85. The first-order valence-electron chi connectivity index (χ1n) is 6.23. The van der Waals surface area contributed by atoms with Crippen LogP contribution in [0.5, 0.6) is 0 Å². The van der Waals surface area contributed by atoms with Crippen molar-refractivity contribution < 1.29 is 14.6 Å². The molecule has 0 aliphatic heterocycles. The number of rotatable bonds is 5. The monoisotopic (exact) mass is 285 g/mol. The number of amides is 1. The fourth-order valence-corrected chi connectivity index (χ4v) is 2.70. The van der Waals surface area contributed by atoms with Gasteiger partial charge in [-0.1, -0.05) is 36.7 Å². The molecule has 1 N–H and O–H groups in total. The van der Waals surface area contributed by atoms with E-state index in [1.165, 1.54) is 12.0 Å². The van der Waals surface area contributed by atoms with Gasteiger partial charge in [0, 0.05) is 23.7 Å². The molecule has 0 aromatic heterocycles. The Morgan fingerprint density at radius 2 is 2.05 bits per heavy atom. The van der Waals surface area contributed by atoms with E-state index in [4.69, 9.17) is 16.3 Å². The normalized spacial score (nSPS) is 14.2. The predicted octanol–water partition coefficient (Wildman–Crippen LogP) is 3.94. The van der Waals surface area contributed by atoms with Gasteiger partial charge in [-0.05, 0) is 26.3 Å². The SMILES string of the molecule is CC[C@@](OC)(c1ccccc1Cl)N(C(=O)O)C(C)C. The Morgan fingerprint density at radius 1 is 1.47 bits per heavy atom. The van der Waals surface area contributed by atoms with Crippen LogP contribution in [0.4, 0.5) is 4.79 Å². The van der Waals surface area contributed by atoms with Gasteiger partial charge in [-0.3, -0.25) is 4.90 Å². The summed E-state index contributed by atoms with van der Waals surface area (Å²) >= 11 is 6.22. The highest BCUT2D eigenvalue weighted by Gasteiger charge is 2.43. The van der Waals surface area contributed by atoms with Crippen molar-refractivity contribution in [1.82, 2.24) is 4.90 Å². The van der Waals surface area contributed by atoms with Crippen LogP contribution in [0.25, 0.3) is 0 Å². The smallest absolute Gasteiger partial charge is 0.410 e. The minimum Gasteiger partial charge on any atom is -0.465 e. The molecule has 1 aromatic rings. The van der Waals surface area contributed by atoms with Gasteiger partial charge in [0.1, 0.15) is 0 Å². The fourth-order valence-electron chi connectivity index (χ4n) is 2.41. The molecule has 1 aromatic carbocycles. The number of methoxy groups -OCH3 is 1. The van der Waals surface area contributed by atoms with E-state index in [1.807, 2.05) is 32.9 Å². The lowest BCUT2D eigenvalue weighted by molar-refractivity contribution is -0.141. The number of carbonyl (C=O) groups is 1. The molecule has 0 radical (unpaired) electrons. The number of nitrogens with zero attached hydrogens (tertiary/aromatic N) is 1. The summed E-state index contributed by atoms with van der Waals surface area (Å²) in [5.41, 5.74) is -0.406. The van der Waals surface area contributed by atoms with E-state index in [9.17, 15) is 9.90 Å². The maximum Gasteiger partial charge on any atom is 0.410 e. The van der Waals surface area contributed by atoms with E-state index in [2.05, 4.69) is 0 Å². The summed E-state index contributed by atoms with van der Waals surface area (Å²) in [7, 11) is 1.51. The molecule has 106 valence electrons. The number of hydrogen-bond donors (Lipinski definition) is 1. The van der Waals surface area contributed by atoms with E-state index < -0.39 is 11.8 Å². The van der Waals surface area contributed by atoms with Crippen molar-refractivity contribution in [2.45, 2.75) is 39.0 Å². The van der Waals surface area contributed by atoms with Crippen LogP contribution in [0, 0.1) is 0 Å². The molecule has 0 saturated heterocycles. The molecular weight excluding hydrogens is 266 g/mol. The topological polar surface area (TPSA) is 49.8 Å². The number of ether oxygens (including phenoxy) is 1. The number of hydrogen-bond acceptors (Lipinski definition) is 2. The quantitative estimate of drug-likeness (QED) is 0.834. The van der Waals surface area contributed by atoms with Gasteiger partial charge >= 0.3 is 6.09 Å². The second-order valence-electron chi connectivity index (χ2n) is 4.57. The molecule has 0 bridgehead atoms. The van der Waals surface area contributed by atoms with Gasteiger partial charge < -0.3 is 9.84 Å². The van der Waals surface area contributed by atoms with Crippen LogP contribution in [0.1, 0.15) is 32.8 Å². The lowest BCUT2D eigenvalue weighted by Gasteiger charge is -2.43. The minimum atomic E-state index is -1.07. The van der Waals surface area contributed by atoms with Crippen LogP contribution in [0.3, 0.4) is 0 Å². The van der Waals surface area contributed by atoms with E-state index in [0.29, 0.717) is 17.0 Å². The first-order chi connectivity index (χ1) is 8.90. The average Bonchev–Trinajstić information content (AvgIpc) is 2.35. The zero-order chi connectivity index (χ0) is 14.6. The summed E-state index contributed by atoms with van der Waals surface area (Å²) in [4.78, 5) is 12.9. The van der Waals surface area contributed by atoms with E-state index in [-0.39, 0.29) is 6.04 Å². The van der Waals surface area contributed by atoms with Crippen LogP contribution in [0.15, 0.2) is 24.3 Å². The number of halogens is 1. The van der Waals surface area contributed by atoms with E-state index >= 15 is 0 Å². The van der Waals surface area contributed by atoms with Crippen molar-refractivity contribution in [1.29, 1.82) is 0 Å². The number of carboxylic acid groups (broad SMARTS) is 1. The number of benzene rings is 1. The van der Waals surface area contributed by atoms with Crippen LogP contribution in [-0.4, -0.2) is 29.3 Å². The van der Waals surface area contributed by atoms with Gasteiger partial charge in [0.2, 0.25) is 0 Å². The predicted molar refractivity (Wildman–Crippen MR) is 75.4 cm³/mol. The Morgan fingerprint density at radius 3 is 2.42 bits per heavy atom. The molecule has 1 atom stereocenters. The van der Waals surface area contributed by atoms with Gasteiger partial charge in [-0.2, -0.15) is 0 Å². The first-order valence-corrected chi connectivity index (χ1v) is 6.61. The minimum absolute atomic E-state index is 0.228. The highest BCUT2D eigenvalue weighted by molar-refractivity contribution is 6.31. The third-order valence-electron chi connectivity index (χ3n) is 3.22. The van der Waals surface area contributed by atoms with Gasteiger partial charge in [-0.25, -0.2) is 4.79 Å². The molecule has 0 spiro atoms. The molecule has 0 heterocycles. The van der Waals surface area contributed by atoms with Crippen LogP contribution < -0.4 is 0 Å². The molecule has 0 fully saturated rings. The molecule has 0 aliphatic carbocycles. The molecule has 0 aliphatic rings. The molecule has 1 amide bonds. The van der Waals surface area contributed by atoms with Crippen molar-refractivity contribution in [3.63, 3.8) is 0 Å². The van der Waals surface area contributed by atoms with Gasteiger partial charge in [-0.15, -0.1) is 0 Å². The zero-order valence-electron chi connectivity index (χ0n) is 11.7. The van der Waals surface area contributed by atoms with Crippen molar-refractivity contribution in [2.75, 3.05) is 7.11 Å². The molecule has 5 heteroatoms. The summed E-state index contributed by atoms with van der Waals surface area (Å²) < 4.78 is 5.60. The molecule has 19 heavy (non-hydrogen) atoms. The second kappa shape index (κ2) is 6.26. The summed E-state index contributed by atoms with van der Waals surface area (Å²) in [6.07, 6.45) is -0.559. The van der Waals surface area contributed by atoms with Crippen LogP contribution in [-0.2, 0) is 10.5 Å². The van der Waals surface area contributed by atoms with Crippen molar-refractivity contribution in [3.05, 3.63) is 34.9 Å². The summed E-state index contributed by atoms with van der Waals surface area (Å²) in [5, 5.41) is 9.99. The Kier molecular flexibility index (Phi) is 5.20. The summed E-state index contributed by atoms with van der Waals surface area (Å²) in [5.74, 6) is 0. The summed E-state index contributed by atoms with van der Waals surface area (Å²) in [6.45, 7) is 5.51. The molecule has 4 nitrogen and oxygen atoms in total. The highest BCUT2D eigenvalue weighted by atomic mass is 35.5. The third-order valence-corrected chi connectivity index (χ3v) is 3.55. The van der Waals surface area contributed by atoms with Crippen molar-refractivity contribution in [3.8, 4) is 0 Å². The van der Waals surface area contributed by atoms with Crippen LogP contribution >= 0.6 is 11.6 Å². The average molecular weight is 286 g/mol. The molecule has 0 saturated carbocycles. The zero-order valence-corrected chi connectivity index (χ0v) is 12.4. The molecular formula is C14H20ClNO3. The largest absolute Gasteiger partial charge is 0.465 e. The van der Waals surface area contributed by atoms with Crippen LogP contribution in [0.2, 0.25) is 5.02 Å². The maximum atomic E-state index is 11.6. The van der Waals surface area contributed by atoms with E-state index in [1.54, 1.807) is 12.1 Å². The molecule has 0 unspecified atom stereocenters. The molecule has 1 rings (SSSR count). The van der Waals surface area contributed by atoms with Crippen molar-refractivity contribution in [2.24, 2.45) is 0 Å². The Bertz CT molecular complexity index is 444. The highest BCUT2D eigenvalue weighted by Crippen LogP contribution is 2.38. The Hall–Kier alpha value is -1.26. The van der Waals surface area contributed by atoms with Crippen molar-refractivity contribution >= 4 is 17.7 Å². The standard InChI is InChI=1S/C14H20ClNO3/c1-5-14(19-4,16(10(2)3)13(17)18)11-8-6-7-9-12(11)15/h6-10H,5H2,1-4H3,(H,17,18)/t14-/m1/s1. The lowest BCUT2D eigenvalue weighted by Crippen LogP contribution is -2.53. The van der Waals surface area contributed by atoms with Gasteiger partial charge in [0.15, 0.2) is 5.72 Å². The lowest BCUT2D eigenvalue weighted by atomic mass is 9.96. The Balaban J connectivity index is 3.47. The van der Waals surface area contributed by atoms with Gasteiger partial charge in [0.25, 0.3) is 0 Å². The first kappa shape index (κ1) is 15.8. The summed E-state index contributed by atoms with van der Waals surface area (Å²) in [6, 6.07) is 6.94. The second-order valence-corrected chi connectivity index (χ2v) is 4.98. The maximum absolute atomic E-state index is 11.6. The Labute approximate surface area is 118 Å². The fraction of sp³-hybridized carbons (Fsp3) is 0.500. The van der Waals surface area contributed by atoms with Gasteiger partial charge in [0.05, 0.1) is 0 Å². The van der Waals surface area contributed by atoms with E-state index in [0.717, 1.165) is 0 Å².